The number of rotatable bonds is 6. The maximum atomic E-state index is 13.5. The van der Waals surface area contributed by atoms with E-state index in [4.69, 9.17) is 11.6 Å². The number of aliphatic hydroxyl groups excluding tert-OH is 1. The molecule has 30 heavy (non-hydrogen) atoms. The number of fused-ring (bicyclic) bond motifs is 1. The lowest BCUT2D eigenvalue weighted by Crippen LogP contribution is -2.18. The van der Waals surface area contributed by atoms with Crippen molar-refractivity contribution < 1.29 is 23.8 Å². The van der Waals surface area contributed by atoms with Crippen LogP contribution in [-0.2, 0) is 20.9 Å². The van der Waals surface area contributed by atoms with E-state index in [1.807, 2.05) is 0 Å². The molecule has 0 fully saturated rings. The molecule has 0 spiro atoms. The molecule has 0 radical (unpaired) electrons. The fourth-order valence-electron chi connectivity index (χ4n) is 2.96. The van der Waals surface area contributed by atoms with E-state index in [0.717, 1.165) is 0 Å². The van der Waals surface area contributed by atoms with Crippen LogP contribution < -0.4 is 5.43 Å². The Balaban J connectivity index is 2.11. The van der Waals surface area contributed by atoms with Gasteiger partial charge in [0.1, 0.15) is 11.6 Å². The van der Waals surface area contributed by atoms with Crippen molar-refractivity contribution in [3.05, 3.63) is 86.9 Å². The normalized spacial score (nSPS) is 11.5. The Morgan fingerprint density at radius 1 is 1.23 bits per heavy atom. The van der Waals surface area contributed by atoms with E-state index in [2.05, 4.69) is 4.74 Å². The van der Waals surface area contributed by atoms with Gasteiger partial charge < -0.3 is 14.4 Å². The summed E-state index contributed by atoms with van der Waals surface area (Å²) in [4.78, 5) is 36.2. The molecule has 0 amide bonds. The highest BCUT2D eigenvalue weighted by Crippen LogP contribution is 2.20. The number of hydrogen-bond acceptors (Lipinski definition) is 5. The van der Waals surface area contributed by atoms with Crippen molar-refractivity contribution >= 4 is 40.0 Å². The van der Waals surface area contributed by atoms with Crippen LogP contribution in [0.5, 0.6) is 0 Å². The summed E-state index contributed by atoms with van der Waals surface area (Å²) in [7, 11) is 0. The zero-order chi connectivity index (χ0) is 21.8. The third-order valence-electron chi connectivity index (χ3n) is 4.34. The van der Waals surface area contributed by atoms with Crippen LogP contribution in [0.3, 0.4) is 0 Å². The molecule has 0 unspecified atom stereocenters. The van der Waals surface area contributed by atoms with Crippen molar-refractivity contribution in [3.63, 3.8) is 0 Å². The van der Waals surface area contributed by atoms with E-state index >= 15 is 0 Å². The third kappa shape index (κ3) is 4.41. The van der Waals surface area contributed by atoms with Crippen LogP contribution in [-0.4, -0.2) is 28.0 Å². The molecule has 1 N–H and O–H groups in total. The van der Waals surface area contributed by atoms with Crippen LogP contribution >= 0.6 is 11.6 Å². The second-order valence-electron chi connectivity index (χ2n) is 6.38. The number of aromatic nitrogens is 1. The van der Waals surface area contributed by atoms with Gasteiger partial charge in [0.05, 0.1) is 22.7 Å². The van der Waals surface area contributed by atoms with Crippen molar-refractivity contribution in [2.45, 2.75) is 13.5 Å². The zero-order valence-corrected chi connectivity index (χ0v) is 16.6. The first kappa shape index (κ1) is 21.3. The van der Waals surface area contributed by atoms with Gasteiger partial charge in [-0.25, -0.2) is 9.18 Å². The molecule has 154 valence electrons. The van der Waals surface area contributed by atoms with E-state index < -0.39 is 28.8 Å². The smallest absolute Gasteiger partial charge is 0.379 e. The molecule has 6 nitrogen and oxygen atoms in total. The van der Waals surface area contributed by atoms with E-state index in [1.54, 1.807) is 41.8 Å². The molecule has 8 heteroatoms. The Bertz CT molecular complexity index is 1230. The Labute approximate surface area is 175 Å². The van der Waals surface area contributed by atoms with E-state index in [-0.39, 0.29) is 23.7 Å². The number of benzene rings is 2. The molecule has 0 bridgehead atoms. The van der Waals surface area contributed by atoms with Gasteiger partial charge in [-0.3, -0.25) is 9.59 Å². The fraction of sp³-hybridized carbons (Fsp3) is 0.136. The highest BCUT2D eigenvalue weighted by molar-refractivity contribution is 6.39. The minimum atomic E-state index is -1.13. The van der Waals surface area contributed by atoms with Gasteiger partial charge >= 0.3 is 5.97 Å². The number of ketones is 1. The summed E-state index contributed by atoms with van der Waals surface area (Å²) in [6.07, 6.45) is 2.02. The largest absolute Gasteiger partial charge is 0.507 e. The molecule has 3 rings (SSSR count). The topological polar surface area (TPSA) is 85.6 Å². The van der Waals surface area contributed by atoms with Crippen molar-refractivity contribution in [2.75, 3.05) is 6.61 Å². The van der Waals surface area contributed by atoms with Gasteiger partial charge in [-0.15, -0.1) is 0 Å². The maximum absolute atomic E-state index is 13.5. The minimum absolute atomic E-state index is 0.00217. The number of aliphatic hydroxyl groups is 1. The van der Waals surface area contributed by atoms with Crippen molar-refractivity contribution in [3.8, 4) is 0 Å². The Morgan fingerprint density at radius 3 is 2.67 bits per heavy atom. The second-order valence-corrected chi connectivity index (χ2v) is 6.79. The standard InChI is InChI=1S/C22H17ClFNO5/c1-2-30-22(29)20(27)10-19(26)15-12-25(11-13-7-8-17(24)16(23)9-13)18-6-4-3-5-14(18)21(15)28/h3-10,12,26H,2,11H2,1H3. The first-order valence-electron chi connectivity index (χ1n) is 9.00. The molecule has 0 saturated carbocycles. The number of esters is 1. The number of hydrogen-bond donors (Lipinski definition) is 1. The van der Waals surface area contributed by atoms with Crippen LogP contribution in [0, 0.1) is 5.82 Å². The molecular weight excluding hydrogens is 413 g/mol. The summed E-state index contributed by atoms with van der Waals surface area (Å²) >= 11 is 5.85. The Hall–Kier alpha value is -3.45. The summed E-state index contributed by atoms with van der Waals surface area (Å²) in [6.45, 7) is 1.76. The van der Waals surface area contributed by atoms with E-state index in [1.165, 1.54) is 18.3 Å². The lowest BCUT2D eigenvalue weighted by Gasteiger charge is -2.14. The average molecular weight is 430 g/mol. The Morgan fingerprint density at radius 2 is 1.97 bits per heavy atom. The second kappa shape index (κ2) is 8.92. The van der Waals surface area contributed by atoms with E-state index in [9.17, 15) is 23.9 Å². The van der Waals surface area contributed by atoms with Gasteiger partial charge in [0.2, 0.25) is 0 Å². The van der Waals surface area contributed by atoms with Gasteiger partial charge in [0.25, 0.3) is 5.78 Å². The molecule has 0 atom stereocenters. The lowest BCUT2D eigenvalue weighted by atomic mass is 10.1. The van der Waals surface area contributed by atoms with Crippen molar-refractivity contribution in [1.29, 1.82) is 0 Å². The molecule has 1 heterocycles. The molecule has 1 aromatic heterocycles. The number of ether oxygens (including phenoxy) is 1. The molecule has 0 aliphatic rings. The summed E-state index contributed by atoms with van der Waals surface area (Å²) in [5.41, 5.74) is 0.549. The Kier molecular flexibility index (Phi) is 6.32. The zero-order valence-electron chi connectivity index (χ0n) is 15.9. The molecule has 0 saturated heterocycles. The molecule has 0 aliphatic heterocycles. The van der Waals surface area contributed by atoms with Crippen LogP contribution in [0.4, 0.5) is 4.39 Å². The predicted molar refractivity (Wildman–Crippen MR) is 111 cm³/mol. The first-order chi connectivity index (χ1) is 14.3. The molecule has 3 aromatic rings. The quantitative estimate of drug-likeness (QED) is 0.278. The number of nitrogens with zero attached hydrogens (tertiary/aromatic N) is 1. The van der Waals surface area contributed by atoms with Gasteiger partial charge in [0.15, 0.2) is 5.43 Å². The fourth-order valence-corrected chi connectivity index (χ4v) is 3.16. The van der Waals surface area contributed by atoms with E-state index in [0.29, 0.717) is 22.5 Å². The van der Waals surface area contributed by atoms with Crippen LogP contribution in [0.15, 0.2) is 59.5 Å². The van der Waals surface area contributed by atoms with Gasteiger partial charge in [-0.1, -0.05) is 29.8 Å². The lowest BCUT2D eigenvalue weighted by molar-refractivity contribution is -0.151. The van der Waals surface area contributed by atoms with Crippen LogP contribution in [0.1, 0.15) is 18.1 Å². The van der Waals surface area contributed by atoms with Crippen molar-refractivity contribution in [2.24, 2.45) is 0 Å². The maximum Gasteiger partial charge on any atom is 0.379 e. The number of carbonyl (C=O) groups excluding carboxylic acids is 2. The summed E-state index contributed by atoms with van der Waals surface area (Å²) in [6, 6.07) is 11.0. The summed E-state index contributed by atoms with van der Waals surface area (Å²) < 4.78 is 19.7. The highest BCUT2D eigenvalue weighted by atomic mass is 35.5. The number of para-hydroxylation sites is 1. The number of halogens is 2. The summed E-state index contributed by atoms with van der Waals surface area (Å²) in [5.74, 6) is -3.43. The van der Waals surface area contributed by atoms with Gasteiger partial charge in [0, 0.05) is 24.2 Å². The van der Waals surface area contributed by atoms with Crippen LogP contribution in [0.2, 0.25) is 5.02 Å². The van der Waals surface area contributed by atoms with Crippen molar-refractivity contribution in [1.82, 2.24) is 4.57 Å². The highest BCUT2D eigenvalue weighted by Gasteiger charge is 2.17. The number of carbonyl (C=O) groups is 2. The summed E-state index contributed by atoms with van der Waals surface area (Å²) in [5, 5.41) is 10.6. The predicted octanol–water partition coefficient (Wildman–Crippen LogP) is 3.87. The van der Waals surface area contributed by atoms with Gasteiger partial charge in [-0.2, -0.15) is 0 Å². The SMILES string of the molecule is CCOC(=O)C(=O)C=C(O)c1cn(Cc2ccc(F)c(Cl)c2)c2ccccc2c1=O. The molecule has 0 aliphatic carbocycles. The number of pyridine rings is 1. The monoisotopic (exact) mass is 429 g/mol. The van der Waals surface area contributed by atoms with Crippen LogP contribution in [0.25, 0.3) is 16.7 Å². The minimum Gasteiger partial charge on any atom is -0.507 e. The first-order valence-corrected chi connectivity index (χ1v) is 9.37. The average Bonchev–Trinajstić information content (AvgIpc) is 2.72. The van der Waals surface area contributed by atoms with Gasteiger partial charge in [-0.05, 0) is 36.8 Å². The molecular formula is C22H17ClFNO5. The third-order valence-corrected chi connectivity index (χ3v) is 4.63. The molecule has 2 aromatic carbocycles.